The Morgan fingerprint density at radius 2 is 1.54 bits per heavy atom. The molecule has 8 rings (SSSR count). The lowest BCUT2D eigenvalue weighted by Crippen LogP contribution is -2.34. The highest BCUT2D eigenvalue weighted by Crippen LogP contribution is 2.53. The number of methoxy groups -OCH3 is 4. The second-order valence-corrected chi connectivity index (χ2v) is 12.1. The van der Waals surface area contributed by atoms with Gasteiger partial charge in [-0.1, -0.05) is 18.2 Å². The number of likely N-dealkylation sites (N-methyl/N-ethyl adjacent to an activating group) is 1. The predicted molar refractivity (Wildman–Crippen MR) is 175 cm³/mol. The molecule has 4 aromatic rings. The second kappa shape index (κ2) is 12.3. The molecule has 9 nitrogen and oxygen atoms in total. The van der Waals surface area contributed by atoms with Crippen LogP contribution in [0.5, 0.6) is 51.7 Å². The van der Waals surface area contributed by atoms with Gasteiger partial charge >= 0.3 is 0 Å². The molecule has 0 fully saturated rings. The van der Waals surface area contributed by atoms with Crippen molar-refractivity contribution in [2.75, 3.05) is 48.6 Å². The highest BCUT2D eigenvalue weighted by atomic mass is 16.5. The summed E-state index contributed by atoms with van der Waals surface area (Å²) in [5.74, 6) is 4.34. The molecule has 0 unspecified atom stereocenters. The van der Waals surface area contributed by atoms with E-state index in [0.29, 0.717) is 46.7 Å². The van der Waals surface area contributed by atoms with Crippen LogP contribution in [-0.2, 0) is 25.7 Å². The zero-order valence-corrected chi connectivity index (χ0v) is 26.9. The predicted octanol–water partition coefficient (Wildman–Crippen LogP) is 6.53. The highest BCUT2D eigenvalue weighted by Gasteiger charge is 2.35. The number of hydrogen-bond donors (Lipinski definition) is 2. The Balaban J connectivity index is 1.48. The summed E-state index contributed by atoms with van der Waals surface area (Å²) >= 11 is 0. The van der Waals surface area contributed by atoms with Crippen LogP contribution < -0.4 is 33.7 Å². The molecule has 9 heteroatoms. The maximum absolute atomic E-state index is 11.7. The van der Waals surface area contributed by atoms with E-state index in [1.54, 1.807) is 28.4 Å². The number of benzene rings is 4. The van der Waals surface area contributed by atoms with Crippen molar-refractivity contribution in [2.24, 2.45) is 0 Å². The highest BCUT2D eigenvalue weighted by molar-refractivity contribution is 5.66. The maximum atomic E-state index is 11.7. The molecule has 46 heavy (non-hydrogen) atoms. The fraction of sp³-hybridized carbons (Fsp3) is 0.351. The molecule has 4 aliphatic heterocycles. The smallest absolute Gasteiger partial charge is 0.204 e. The summed E-state index contributed by atoms with van der Waals surface area (Å²) in [6, 6.07) is 18.1. The largest absolute Gasteiger partial charge is 0.502 e. The Hall–Kier alpha value is -4.60. The molecule has 2 atom stereocenters. The number of phenolic OH excluding ortho intramolecular Hbond substituents is 1. The Morgan fingerprint density at radius 1 is 0.783 bits per heavy atom. The minimum Gasteiger partial charge on any atom is -0.502 e. The summed E-state index contributed by atoms with van der Waals surface area (Å²) < 4.78 is 36.5. The SMILES string of the molecule is COc1ccc2cc1Oc1ccc(cc1)C[C@H]1c3cc(OC)c(OC)c(c3CCN1C)Oc1c(O)c(OC)cc3c1[C@H](C2)NCC3. The van der Waals surface area contributed by atoms with Gasteiger partial charge in [0.05, 0.1) is 28.4 Å². The van der Waals surface area contributed by atoms with E-state index in [-0.39, 0.29) is 17.8 Å². The lowest BCUT2D eigenvalue weighted by Gasteiger charge is -2.37. The summed E-state index contributed by atoms with van der Waals surface area (Å²) in [6.45, 7) is 1.59. The lowest BCUT2D eigenvalue weighted by molar-refractivity contribution is 0.224. The van der Waals surface area contributed by atoms with Crippen molar-refractivity contribution in [2.45, 2.75) is 37.8 Å². The number of phenols is 1. The molecule has 0 saturated carbocycles. The van der Waals surface area contributed by atoms with Crippen molar-refractivity contribution < 1.29 is 33.5 Å². The summed E-state index contributed by atoms with van der Waals surface area (Å²) in [6.07, 6.45) is 2.89. The first kappa shape index (κ1) is 30.1. The number of rotatable bonds is 4. The average Bonchev–Trinajstić information content (AvgIpc) is 3.07. The third-order valence-corrected chi connectivity index (χ3v) is 9.52. The van der Waals surface area contributed by atoms with E-state index in [9.17, 15) is 5.11 Å². The van der Waals surface area contributed by atoms with Crippen LogP contribution in [0.15, 0.2) is 54.6 Å². The van der Waals surface area contributed by atoms with Gasteiger partial charge in [0.25, 0.3) is 0 Å². The third-order valence-electron chi connectivity index (χ3n) is 9.52. The number of aromatic hydroxyl groups is 1. The number of hydrogen-bond acceptors (Lipinski definition) is 9. The van der Waals surface area contributed by atoms with Gasteiger partial charge in [0, 0.05) is 29.8 Å². The van der Waals surface area contributed by atoms with Gasteiger partial charge < -0.3 is 38.8 Å². The van der Waals surface area contributed by atoms with Crippen LogP contribution >= 0.6 is 0 Å². The summed E-state index contributed by atoms with van der Waals surface area (Å²) in [4.78, 5) is 2.36. The second-order valence-electron chi connectivity index (χ2n) is 12.1. The zero-order valence-electron chi connectivity index (χ0n) is 26.9. The van der Waals surface area contributed by atoms with E-state index in [1.807, 2.05) is 36.4 Å². The van der Waals surface area contributed by atoms with Crippen LogP contribution in [0.1, 0.15) is 45.5 Å². The molecule has 0 saturated heterocycles. The number of nitrogens with zero attached hydrogens (tertiary/aromatic N) is 1. The number of nitrogens with one attached hydrogen (secondary N) is 1. The number of fused-ring (bicyclic) bond motifs is 2. The maximum Gasteiger partial charge on any atom is 0.204 e. The standard InChI is InChI=1S/C37H40N2O7/c1-39-15-13-25-26-20-32(43-4)36(44-5)35(25)46-37-33-23(19-31(42-3)34(37)40)12-14-38-27(33)16-22-8-11-29(41-2)30(18-22)45-24-9-6-21(7-10-24)17-28(26)39/h6-11,18-20,27-28,38,40H,12-17H2,1-5H3/t27-,28-/m0/s1. The van der Waals surface area contributed by atoms with Gasteiger partial charge in [-0.05, 0) is 97.9 Å². The fourth-order valence-electron chi connectivity index (χ4n) is 7.13. The van der Waals surface area contributed by atoms with E-state index in [2.05, 4.69) is 35.5 Å². The molecule has 8 bridgehead atoms. The number of ether oxygens (including phenoxy) is 6. The molecule has 4 heterocycles. The first-order valence-electron chi connectivity index (χ1n) is 15.7. The summed E-state index contributed by atoms with van der Waals surface area (Å²) in [5, 5.41) is 15.4. The molecule has 0 radical (unpaired) electrons. The average molecular weight is 625 g/mol. The van der Waals surface area contributed by atoms with E-state index in [4.69, 9.17) is 28.4 Å². The molecule has 4 aliphatic rings. The van der Waals surface area contributed by atoms with Gasteiger partial charge in [-0.25, -0.2) is 0 Å². The van der Waals surface area contributed by atoms with Crippen molar-refractivity contribution in [1.29, 1.82) is 0 Å². The van der Waals surface area contributed by atoms with Crippen LogP contribution in [0.4, 0.5) is 0 Å². The van der Waals surface area contributed by atoms with Gasteiger partial charge in [0.2, 0.25) is 11.5 Å². The van der Waals surface area contributed by atoms with Crippen molar-refractivity contribution in [1.82, 2.24) is 10.2 Å². The van der Waals surface area contributed by atoms with Gasteiger partial charge in [-0.15, -0.1) is 0 Å². The molecule has 240 valence electrons. The normalized spacial score (nSPS) is 18.7. The van der Waals surface area contributed by atoms with Gasteiger partial charge in [-0.3, -0.25) is 4.90 Å². The Kier molecular flexibility index (Phi) is 8.04. The van der Waals surface area contributed by atoms with Crippen LogP contribution in [0.3, 0.4) is 0 Å². The minimum atomic E-state index is -0.165. The summed E-state index contributed by atoms with van der Waals surface area (Å²) in [7, 11) is 8.62. The lowest BCUT2D eigenvalue weighted by atomic mass is 9.87. The zero-order chi connectivity index (χ0) is 31.9. The Labute approximate surface area is 269 Å². The molecule has 0 amide bonds. The minimum absolute atomic E-state index is 0.0502. The first-order chi connectivity index (χ1) is 22.4. The molecule has 0 spiro atoms. The topological polar surface area (TPSA) is 90.9 Å². The molecule has 2 N–H and O–H groups in total. The quantitative estimate of drug-likeness (QED) is 0.263. The van der Waals surface area contributed by atoms with Crippen molar-refractivity contribution in [3.05, 3.63) is 88.0 Å². The van der Waals surface area contributed by atoms with Gasteiger partial charge in [0.15, 0.2) is 34.5 Å². The fourth-order valence-corrected chi connectivity index (χ4v) is 7.13. The van der Waals surface area contributed by atoms with E-state index in [1.165, 1.54) is 5.56 Å². The Bertz CT molecular complexity index is 1770. The summed E-state index contributed by atoms with van der Waals surface area (Å²) in [5.41, 5.74) is 6.31. The molecule has 4 aromatic carbocycles. The van der Waals surface area contributed by atoms with Gasteiger partial charge in [0.1, 0.15) is 5.75 Å². The van der Waals surface area contributed by atoms with Crippen LogP contribution in [-0.4, -0.2) is 58.6 Å². The van der Waals surface area contributed by atoms with Crippen LogP contribution in [0.2, 0.25) is 0 Å². The van der Waals surface area contributed by atoms with Crippen LogP contribution in [0.25, 0.3) is 0 Å². The van der Waals surface area contributed by atoms with E-state index < -0.39 is 0 Å². The molecular weight excluding hydrogens is 584 g/mol. The van der Waals surface area contributed by atoms with Crippen molar-refractivity contribution in [3.8, 4) is 51.7 Å². The molecular formula is C37H40N2O7. The molecule has 0 aromatic heterocycles. The van der Waals surface area contributed by atoms with E-state index in [0.717, 1.165) is 65.9 Å². The molecule has 0 aliphatic carbocycles. The van der Waals surface area contributed by atoms with Crippen molar-refractivity contribution in [3.63, 3.8) is 0 Å². The van der Waals surface area contributed by atoms with Crippen molar-refractivity contribution >= 4 is 0 Å². The van der Waals surface area contributed by atoms with E-state index >= 15 is 0 Å². The van der Waals surface area contributed by atoms with Gasteiger partial charge in [-0.2, -0.15) is 0 Å². The van der Waals surface area contributed by atoms with Crippen LogP contribution in [0, 0.1) is 0 Å². The monoisotopic (exact) mass is 624 g/mol. The first-order valence-corrected chi connectivity index (χ1v) is 15.7. The third kappa shape index (κ3) is 5.23. The Morgan fingerprint density at radius 3 is 2.28 bits per heavy atom.